The maximum absolute atomic E-state index is 8.08. The van der Waals surface area contributed by atoms with Crippen LogP contribution in [0.1, 0.15) is 60.3 Å². The molecule has 0 saturated heterocycles. The van der Waals surface area contributed by atoms with Gasteiger partial charge in [-0.15, -0.1) is 0 Å². The zero-order valence-electron chi connectivity index (χ0n) is 27.8. The number of imidazole rings is 1. The lowest BCUT2D eigenvalue weighted by atomic mass is 9.92. The first-order valence-corrected chi connectivity index (χ1v) is 15.1. The van der Waals surface area contributed by atoms with Crippen molar-refractivity contribution in [1.82, 2.24) is 4.98 Å². The van der Waals surface area contributed by atoms with Crippen LogP contribution in [0, 0.1) is 6.85 Å². The Kier molecular flexibility index (Phi) is 5.05. The van der Waals surface area contributed by atoms with E-state index < -0.39 is 6.85 Å². The third kappa shape index (κ3) is 3.84. The number of rotatable bonds is 4. The number of aromatic amines is 1. The fourth-order valence-corrected chi connectivity index (χ4v) is 6.84. The number of nitrogens with zero attached hydrogens (tertiary/aromatic N) is 1. The number of hydrogen-bond donors (Lipinski definition) is 1. The lowest BCUT2D eigenvalue weighted by Gasteiger charge is -2.18. The number of aryl methyl sites for hydroxylation is 1. The van der Waals surface area contributed by atoms with Gasteiger partial charge < -0.3 is 4.42 Å². The zero-order valence-corrected chi connectivity index (χ0v) is 24.8. The minimum absolute atomic E-state index is 0.331. The first-order valence-electron chi connectivity index (χ1n) is 16.6. The number of benzene rings is 6. The largest absolute Gasteiger partial charge is 0.455 e. The van der Waals surface area contributed by atoms with Gasteiger partial charge in [-0.05, 0) is 76.1 Å². The van der Waals surface area contributed by atoms with Gasteiger partial charge in [0.15, 0.2) is 16.6 Å². The molecule has 0 aliphatic heterocycles. The first-order chi connectivity index (χ1) is 22.1. The van der Waals surface area contributed by atoms with Gasteiger partial charge in [0.1, 0.15) is 16.8 Å². The van der Waals surface area contributed by atoms with E-state index in [9.17, 15) is 0 Å². The van der Waals surface area contributed by atoms with E-state index in [2.05, 4.69) is 110 Å². The number of hydrogen-bond acceptors (Lipinski definition) is 1. The normalized spacial score (nSPS) is 13.6. The number of furan rings is 1. The van der Waals surface area contributed by atoms with Crippen molar-refractivity contribution in [2.75, 3.05) is 0 Å². The molecule has 2 aromatic heterocycles. The fourth-order valence-electron chi connectivity index (χ4n) is 6.84. The van der Waals surface area contributed by atoms with Crippen molar-refractivity contribution < 1.29 is 13.1 Å². The van der Waals surface area contributed by atoms with Crippen LogP contribution in [0.2, 0.25) is 0 Å². The molecule has 43 heavy (non-hydrogen) atoms. The monoisotopic (exact) mass is 562 g/mol. The third-order valence-electron chi connectivity index (χ3n) is 8.94. The summed E-state index contributed by atoms with van der Waals surface area (Å²) < 4.78 is 33.4. The van der Waals surface area contributed by atoms with Crippen LogP contribution in [0.25, 0.3) is 71.6 Å². The molecule has 0 aliphatic rings. The summed E-state index contributed by atoms with van der Waals surface area (Å²) in [6.07, 6.45) is 0. The zero-order chi connectivity index (χ0) is 31.9. The van der Waals surface area contributed by atoms with E-state index >= 15 is 0 Å². The molecule has 8 aromatic rings. The van der Waals surface area contributed by atoms with Gasteiger partial charge in [0.25, 0.3) is 5.82 Å². The maximum Gasteiger partial charge on any atom is 0.296 e. The molecule has 3 heteroatoms. The van der Waals surface area contributed by atoms with Crippen LogP contribution >= 0.6 is 0 Å². The molecule has 0 saturated carbocycles. The van der Waals surface area contributed by atoms with Crippen LogP contribution in [0.15, 0.2) is 108 Å². The standard InChI is InChI=1S/C40H34N2O/c1-23(2)27-12-9-13-28(24(3)4)38(27)42-36-18-7-6-17-35(36)41-40(42)32-16-10-15-31-34-21-26-19-20-29-25(5)11-8-14-30(29)33(26)22-37(34)43-39(31)32/h6-24H,1-5H3/p+1/i5D3. The van der Waals surface area contributed by atoms with Gasteiger partial charge in [-0.3, -0.25) is 0 Å². The smallest absolute Gasteiger partial charge is 0.296 e. The molecule has 6 aromatic carbocycles. The van der Waals surface area contributed by atoms with E-state index in [-0.39, 0.29) is 0 Å². The molecule has 0 atom stereocenters. The molecule has 0 unspecified atom stereocenters. The minimum atomic E-state index is -2.19. The van der Waals surface area contributed by atoms with Gasteiger partial charge in [0, 0.05) is 26.0 Å². The maximum atomic E-state index is 8.08. The summed E-state index contributed by atoms with van der Waals surface area (Å²) in [6.45, 7) is 6.84. The van der Waals surface area contributed by atoms with Crippen molar-refractivity contribution in [3.63, 3.8) is 0 Å². The Morgan fingerprint density at radius 1 is 0.674 bits per heavy atom. The summed E-state index contributed by atoms with van der Waals surface area (Å²) >= 11 is 0. The number of fused-ring (bicyclic) bond motifs is 7. The lowest BCUT2D eigenvalue weighted by Crippen LogP contribution is -2.35. The second-order valence-corrected chi connectivity index (χ2v) is 12.2. The van der Waals surface area contributed by atoms with Gasteiger partial charge in [-0.2, -0.15) is 4.57 Å². The quantitative estimate of drug-likeness (QED) is 0.168. The summed E-state index contributed by atoms with van der Waals surface area (Å²) in [5, 5.41) is 5.75. The highest BCUT2D eigenvalue weighted by Crippen LogP contribution is 2.40. The van der Waals surface area contributed by atoms with Crippen molar-refractivity contribution in [3.05, 3.63) is 120 Å². The van der Waals surface area contributed by atoms with Crippen molar-refractivity contribution in [3.8, 4) is 17.1 Å². The topological polar surface area (TPSA) is 32.8 Å². The highest BCUT2D eigenvalue weighted by Gasteiger charge is 2.30. The van der Waals surface area contributed by atoms with E-state index in [1.165, 1.54) is 16.8 Å². The van der Waals surface area contributed by atoms with E-state index in [1.54, 1.807) is 6.07 Å². The Hall–Kier alpha value is -4.89. The molecule has 0 bridgehead atoms. The second-order valence-electron chi connectivity index (χ2n) is 12.2. The summed E-state index contributed by atoms with van der Waals surface area (Å²) in [5.41, 5.74) is 8.92. The van der Waals surface area contributed by atoms with Gasteiger partial charge in [-0.25, -0.2) is 4.98 Å². The molecule has 8 rings (SSSR count). The molecule has 1 N–H and O–H groups in total. The van der Waals surface area contributed by atoms with Crippen molar-refractivity contribution >= 4 is 54.5 Å². The Morgan fingerprint density at radius 2 is 1.42 bits per heavy atom. The summed E-state index contributed by atoms with van der Waals surface area (Å²) in [7, 11) is 0. The lowest BCUT2D eigenvalue weighted by molar-refractivity contribution is -0.556. The fraction of sp³-hybridized carbons (Fsp3) is 0.175. The van der Waals surface area contributed by atoms with Gasteiger partial charge in [0.2, 0.25) is 0 Å². The highest BCUT2D eigenvalue weighted by atomic mass is 16.3. The minimum Gasteiger partial charge on any atom is -0.455 e. The summed E-state index contributed by atoms with van der Waals surface area (Å²) in [4.78, 5) is 3.77. The first kappa shape index (κ1) is 22.7. The van der Waals surface area contributed by atoms with Crippen LogP contribution in [0.3, 0.4) is 0 Å². The molecule has 0 fully saturated rings. The molecule has 2 heterocycles. The average Bonchev–Trinajstić information content (AvgIpc) is 3.60. The molecule has 0 amide bonds. The summed E-state index contributed by atoms with van der Waals surface area (Å²) in [6, 6.07) is 35.3. The van der Waals surface area contributed by atoms with Crippen LogP contribution in [-0.2, 0) is 0 Å². The molecular weight excluding hydrogens is 524 g/mol. The molecule has 3 nitrogen and oxygen atoms in total. The van der Waals surface area contributed by atoms with E-state index in [1.807, 2.05) is 24.3 Å². The van der Waals surface area contributed by atoms with E-state index in [0.717, 1.165) is 65.9 Å². The Morgan fingerprint density at radius 3 is 2.21 bits per heavy atom. The van der Waals surface area contributed by atoms with E-state index in [0.29, 0.717) is 17.4 Å². The van der Waals surface area contributed by atoms with Crippen molar-refractivity contribution in [2.45, 2.75) is 46.4 Å². The van der Waals surface area contributed by atoms with Crippen molar-refractivity contribution in [2.24, 2.45) is 0 Å². The van der Waals surface area contributed by atoms with Crippen LogP contribution in [0.4, 0.5) is 0 Å². The van der Waals surface area contributed by atoms with Gasteiger partial charge in [-0.1, -0.05) is 100 Å². The predicted molar refractivity (Wildman–Crippen MR) is 180 cm³/mol. The number of H-pyrrole nitrogens is 1. The molecule has 0 spiro atoms. The Bertz CT molecular complexity index is 2450. The predicted octanol–water partition coefficient (Wildman–Crippen LogP) is 10.9. The van der Waals surface area contributed by atoms with Gasteiger partial charge >= 0.3 is 0 Å². The SMILES string of the molecule is [2H]C([2H])([2H])c1cccc2c1ccc1cc3c(cc12)oc1c(-c2[nH]c4ccccc4[n+]2-c2c(C(C)C)cccc2C(C)C)cccc13. The van der Waals surface area contributed by atoms with Crippen LogP contribution in [0.5, 0.6) is 0 Å². The second kappa shape index (κ2) is 9.57. The summed E-state index contributed by atoms with van der Waals surface area (Å²) in [5.74, 6) is 1.63. The van der Waals surface area contributed by atoms with Crippen LogP contribution in [-0.4, -0.2) is 4.98 Å². The van der Waals surface area contributed by atoms with Crippen molar-refractivity contribution in [1.29, 1.82) is 0 Å². The van der Waals surface area contributed by atoms with Crippen LogP contribution < -0.4 is 4.57 Å². The molecular formula is C40H35N2O+. The number of nitrogens with one attached hydrogen (secondary N) is 1. The van der Waals surface area contributed by atoms with Gasteiger partial charge in [0.05, 0.1) is 0 Å². The number of aromatic nitrogens is 2. The molecule has 210 valence electrons. The highest BCUT2D eigenvalue weighted by molar-refractivity contribution is 6.17. The average molecular weight is 563 g/mol. The Balaban J connectivity index is 1.44. The molecule has 0 radical (unpaired) electrons. The molecule has 0 aliphatic carbocycles. The number of para-hydroxylation sites is 4. The third-order valence-corrected chi connectivity index (χ3v) is 8.94. The Labute approximate surface area is 255 Å². The van der Waals surface area contributed by atoms with E-state index in [4.69, 9.17) is 8.53 Å².